The van der Waals surface area contributed by atoms with E-state index < -0.39 is 11.4 Å². The summed E-state index contributed by atoms with van der Waals surface area (Å²) in [4.78, 5) is 12.4. The van der Waals surface area contributed by atoms with Gasteiger partial charge in [0.15, 0.2) is 0 Å². The van der Waals surface area contributed by atoms with E-state index in [2.05, 4.69) is 16.5 Å². The summed E-state index contributed by atoms with van der Waals surface area (Å²) < 4.78 is 14.1. The van der Waals surface area contributed by atoms with Gasteiger partial charge >= 0.3 is 0 Å². The first-order chi connectivity index (χ1) is 13.1. The molecule has 2 aliphatic carbocycles. The summed E-state index contributed by atoms with van der Waals surface area (Å²) in [5.41, 5.74) is 4.78. The molecule has 2 saturated carbocycles. The second-order valence-electron chi connectivity index (χ2n) is 7.54. The summed E-state index contributed by atoms with van der Waals surface area (Å²) in [6.07, 6.45) is 5.96. The molecular formula is C21H21N3O2S. The molecule has 27 heavy (non-hydrogen) atoms. The van der Waals surface area contributed by atoms with Crippen molar-refractivity contribution in [2.24, 2.45) is 0 Å². The number of aryl methyl sites for hydroxylation is 1. The quantitative estimate of drug-likeness (QED) is 0.689. The Morgan fingerprint density at radius 1 is 1.19 bits per heavy atom. The van der Waals surface area contributed by atoms with Gasteiger partial charge < -0.3 is 9.87 Å². The molecule has 1 atom stereocenters. The molecule has 6 heteroatoms. The van der Waals surface area contributed by atoms with Gasteiger partial charge in [0.2, 0.25) is 0 Å². The first-order valence-electron chi connectivity index (χ1n) is 9.41. The molecule has 5 nitrogen and oxygen atoms in total. The van der Waals surface area contributed by atoms with Gasteiger partial charge in [0.1, 0.15) is 10.8 Å². The Bertz CT molecular complexity index is 1040. The fourth-order valence-corrected chi connectivity index (χ4v) is 4.62. The zero-order valence-electron chi connectivity index (χ0n) is 15.1. The highest BCUT2D eigenvalue weighted by molar-refractivity contribution is 7.90. The molecule has 5 rings (SSSR count). The van der Waals surface area contributed by atoms with Crippen LogP contribution in [-0.4, -0.2) is 30.9 Å². The maximum absolute atomic E-state index is 12.5. The highest BCUT2D eigenvalue weighted by Gasteiger charge is 2.37. The van der Waals surface area contributed by atoms with Crippen molar-refractivity contribution in [1.29, 1.82) is 0 Å². The summed E-state index contributed by atoms with van der Waals surface area (Å²) in [5.74, 6) is -0.00697. The van der Waals surface area contributed by atoms with Crippen LogP contribution in [0.25, 0.3) is 22.0 Å². The predicted octanol–water partition coefficient (Wildman–Crippen LogP) is 3.58. The highest BCUT2D eigenvalue weighted by Crippen LogP contribution is 2.33. The highest BCUT2D eigenvalue weighted by atomic mass is 32.2. The van der Waals surface area contributed by atoms with E-state index in [1.807, 2.05) is 37.3 Å². The molecule has 0 bridgehead atoms. The summed E-state index contributed by atoms with van der Waals surface area (Å²) in [7, 11) is 0. The van der Waals surface area contributed by atoms with Crippen molar-refractivity contribution in [2.75, 3.05) is 0 Å². The average molecular weight is 379 g/mol. The molecule has 1 amide bonds. The van der Waals surface area contributed by atoms with E-state index in [0.29, 0.717) is 11.6 Å². The van der Waals surface area contributed by atoms with Gasteiger partial charge in [-0.3, -0.25) is 4.79 Å². The van der Waals surface area contributed by atoms with Gasteiger partial charge in [-0.05, 0) is 60.7 Å². The van der Waals surface area contributed by atoms with E-state index in [4.69, 9.17) is 0 Å². The number of fused-ring (bicyclic) bond motifs is 1. The third kappa shape index (κ3) is 3.24. The summed E-state index contributed by atoms with van der Waals surface area (Å²) in [6.45, 7) is 2.05. The molecular weight excluding hydrogens is 358 g/mol. The van der Waals surface area contributed by atoms with E-state index in [9.17, 15) is 9.35 Å². The number of nitrogens with one attached hydrogen (secondary N) is 1. The maximum Gasteiger partial charge on any atom is 0.251 e. The van der Waals surface area contributed by atoms with Gasteiger partial charge in [-0.15, -0.1) is 5.10 Å². The number of benzene rings is 2. The smallest absolute Gasteiger partial charge is 0.251 e. The van der Waals surface area contributed by atoms with E-state index >= 15 is 0 Å². The average Bonchev–Trinajstić information content (AvgIpc) is 3.59. The lowest BCUT2D eigenvalue weighted by molar-refractivity contribution is 0.0951. The SMILES string of the molecule is Cc1ccc(C(=O)NC2CC2)cc1-c1ccc2c(cnn2[S+]([O-])C2CC2)c1. The van der Waals surface area contributed by atoms with Crippen LogP contribution in [0, 0.1) is 6.92 Å². The number of nitrogens with zero attached hydrogens (tertiary/aromatic N) is 2. The maximum atomic E-state index is 12.5. The Kier molecular flexibility index (Phi) is 3.98. The number of aromatic nitrogens is 2. The molecule has 138 valence electrons. The number of hydrogen-bond acceptors (Lipinski definition) is 3. The zero-order valence-corrected chi connectivity index (χ0v) is 16.0. The largest absolute Gasteiger partial charge is 0.591 e. The van der Waals surface area contributed by atoms with Crippen LogP contribution < -0.4 is 5.32 Å². The Morgan fingerprint density at radius 2 is 2.00 bits per heavy atom. The van der Waals surface area contributed by atoms with Crippen molar-refractivity contribution in [3.8, 4) is 11.1 Å². The fraction of sp³-hybridized carbons (Fsp3) is 0.333. The molecule has 2 aromatic carbocycles. The van der Waals surface area contributed by atoms with Crippen molar-refractivity contribution in [1.82, 2.24) is 14.5 Å². The summed E-state index contributed by atoms with van der Waals surface area (Å²) in [6, 6.07) is 12.2. The fourth-order valence-electron chi connectivity index (χ4n) is 3.30. The molecule has 0 aliphatic heterocycles. The molecule has 2 aliphatic rings. The van der Waals surface area contributed by atoms with Gasteiger partial charge in [0, 0.05) is 29.8 Å². The van der Waals surface area contributed by atoms with Gasteiger partial charge in [0.05, 0.1) is 17.6 Å². The van der Waals surface area contributed by atoms with Gasteiger partial charge in [0.25, 0.3) is 5.91 Å². The van der Waals surface area contributed by atoms with Crippen LogP contribution in [0.3, 0.4) is 0 Å². The number of rotatable bonds is 5. The van der Waals surface area contributed by atoms with Crippen molar-refractivity contribution >= 4 is 28.2 Å². The van der Waals surface area contributed by atoms with Crippen molar-refractivity contribution in [2.45, 2.75) is 43.9 Å². The van der Waals surface area contributed by atoms with Crippen LogP contribution in [0.1, 0.15) is 41.6 Å². The Morgan fingerprint density at radius 3 is 2.74 bits per heavy atom. The third-order valence-corrected chi connectivity index (χ3v) is 6.91. The van der Waals surface area contributed by atoms with Crippen molar-refractivity contribution < 1.29 is 9.35 Å². The minimum Gasteiger partial charge on any atom is -0.591 e. The minimum absolute atomic E-state index is 0.00697. The van der Waals surface area contributed by atoms with Crippen LogP contribution >= 0.6 is 0 Å². The second-order valence-corrected chi connectivity index (χ2v) is 9.11. The van der Waals surface area contributed by atoms with Crippen LogP contribution in [-0.2, 0) is 11.4 Å². The van der Waals surface area contributed by atoms with Crippen molar-refractivity contribution in [3.05, 3.63) is 53.7 Å². The molecule has 0 radical (unpaired) electrons. The van der Waals surface area contributed by atoms with Gasteiger partial charge in [-0.2, -0.15) is 0 Å². The molecule has 0 saturated heterocycles. The number of carbonyl (C=O) groups excluding carboxylic acids is 1. The number of hydrogen-bond donors (Lipinski definition) is 1. The lowest BCUT2D eigenvalue weighted by atomic mass is 9.97. The van der Waals surface area contributed by atoms with Gasteiger partial charge in [-0.1, -0.05) is 16.2 Å². The Labute approximate surface area is 161 Å². The minimum atomic E-state index is -1.08. The van der Waals surface area contributed by atoms with E-state index in [1.54, 1.807) is 10.3 Å². The molecule has 2 fully saturated rings. The normalized spacial score (nSPS) is 17.9. The van der Waals surface area contributed by atoms with E-state index in [1.165, 1.54) is 0 Å². The Hall–Kier alpha value is -2.31. The summed E-state index contributed by atoms with van der Waals surface area (Å²) >= 11 is -1.08. The lowest BCUT2D eigenvalue weighted by Crippen LogP contribution is -2.25. The monoisotopic (exact) mass is 379 g/mol. The third-order valence-electron chi connectivity index (χ3n) is 5.24. The van der Waals surface area contributed by atoms with Crippen molar-refractivity contribution in [3.63, 3.8) is 0 Å². The number of amides is 1. The van der Waals surface area contributed by atoms with Crippen LogP contribution in [0.15, 0.2) is 42.6 Å². The number of carbonyl (C=O) groups is 1. The first-order valence-corrected chi connectivity index (χ1v) is 10.6. The molecule has 0 spiro atoms. The topological polar surface area (TPSA) is 70.0 Å². The van der Waals surface area contributed by atoms with Crippen LogP contribution in [0.2, 0.25) is 0 Å². The molecule has 1 heterocycles. The standard InChI is InChI=1S/C21H21N3O2S/c1-13-2-3-15(21(25)23-17-5-6-17)11-19(13)14-4-9-20-16(10-14)12-22-24(20)27(26)18-7-8-18/h2-4,9-12,17-18H,5-8H2,1H3,(H,23,25). The molecule has 1 aromatic heterocycles. The zero-order chi connectivity index (χ0) is 18.5. The second kappa shape index (κ2) is 6.39. The first kappa shape index (κ1) is 16.8. The molecule has 1 unspecified atom stereocenters. The Balaban J connectivity index is 1.50. The lowest BCUT2D eigenvalue weighted by Gasteiger charge is -2.11. The predicted molar refractivity (Wildman–Crippen MR) is 107 cm³/mol. The molecule has 1 N–H and O–H groups in total. The van der Waals surface area contributed by atoms with E-state index in [0.717, 1.165) is 53.3 Å². The van der Waals surface area contributed by atoms with Crippen LogP contribution in [0.4, 0.5) is 0 Å². The van der Waals surface area contributed by atoms with E-state index in [-0.39, 0.29) is 11.2 Å². The summed E-state index contributed by atoms with van der Waals surface area (Å²) in [5, 5.41) is 8.61. The van der Waals surface area contributed by atoms with Crippen LogP contribution in [0.5, 0.6) is 0 Å². The van der Waals surface area contributed by atoms with Gasteiger partial charge in [-0.25, -0.2) is 0 Å². The molecule has 3 aromatic rings.